The van der Waals surface area contributed by atoms with Crippen molar-refractivity contribution in [1.82, 2.24) is 15.1 Å². The molecule has 0 saturated carbocycles. The molecule has 1 aliphatic rings. The number of H-pyrrole nitrogens is 1. The van der Waals surface area contributed by atoms with Crippen LogP contribution < -0.4 is 0 Å². The summed E-state index contributed by atoms with van der Waals surface area (Å²) in [5.41, 5.74) is -0.622. The lowest BCUT2D eigenvalue weighted by Gasteiger charge is -2.25. The molecule has 0 amide bonds. The monoisotopic (exact) mass is 283 g/mol. The molecule has 2 rings (SSSR count). The Balaban J connectivity index is 1.97. The van der Waals surface area contributed by atoms with Crippen LogP contribution in [0, 0.1) is 0 Å². The van der Waals surface area contributed by atoms with Gasteiger partial charge in [0.2, 0.25) is 0 Å². The number of aromatic amines is 1. The van der Waals surface area contributed by atoms with Crippen molar-refractivity contribution >= 4 is 9.84 Å². The zero-order valence-corrected chi connectivity index (χ0v) is 10.2. The summed E-state index contributed by atoms with van der Waals surface area (Å²) in [4.78, 5) is 1.79. The van der Waals surface area contributed by atoms with Crippen LogP contribution in [0.25, 0.3) is 0 Å². The zero-order chi connectivity index (χ0) is 13.4. The molecule has 2 heterocycles. The van der Waals surface area contributed by atoms with E-state index >= 15 is 0 Å². The number of aromatic nitrogens is 2. The van der Waals surface area contributed by atoms with Crippen LogP contribution in [-0.2, 0) is 22.6 Å². The van der Waals surface area contributed by atoms with Crippen molar-refractivity contribution in [2.24, 2.45) is 0 Å². The fourth-order valence-corrected chi connectivity index (χ4v) is 3.01. The van der Waals surface area contributed by atoms with Gasteiger partial charge in [-0.2, -0.15) is 18.3 Å². The van der Waals surface area contributed by atoms with E-state index < -0.39 is 21.7 Å². The number of hydrogen-bond donors (Lipinski definition) is 1. The summed E-state index contributed by atoms with van der Waals surface area (Å²) in [5, 5.41) is 5.51. The highest BCUT2D eigenvalue weighted by Gasteiger charge is 2.34. The Morgan fingerprint density at radius 2 is 1.94 bits per heavy atom. The third-order valence-corrected chi connectivity index (χ3v) is 4.36. The van der Waals surface area contributed by atoms with Gasteiger partial charge in [0.15, 0.2) is 15.5 Å². The van der Waals surface area contributed by atoms with E-state index in [4.69, 9.17) is 0 Å². The number of halogens is 3. The first-order valence-electron chi connectivity index (χ1n) is 5.30. The Bertz CT molecular complexity index is 509. The van der Waals surface area contributed by atoms with Crippen molar-refractivity contribution in [3.8, 4) is 0 Å². The molecule has 0 unspecified atom stereocenters. The Morgan fingerprint density at radius 3 is 2.44 bits per heavy atom. The molecular formula is C9H12F3N3O2S. The largest absolute Gasteiger partial charge is 0.435 e. The minimum atomic E-state index is -4.46. The van der Waals surface area contributed by atoms with E-state index in [2.05, 4.69) is 10.2 Å². The molecule has 0 aliphatic carbocycles. The molecule has 9 heteroatoms. The quantitative estimate of drug-likeness (QED) is 0.866. The third-order valence-electron chi connectivity index (χ3n) is 2.75. The maximum atomic E-state index is 12.3. The van der Waals surface area contributed by atoms with E-state index in [1.54, 1.807) is 4.90 Å². The summed E-state index contributed by atoms with van der Waals surface area (Å²) in [6.07, 6.45) is -4.46. The highest BCUT2D eigenvalue weighted by molar-refractivity contribution is 7.91. The molecule has 102 valence electrons. The molecule has 1 N–H and O–H groups in total. The minimum Gasteiger partial charge on any atom is -0.296 e. The number of alkyl halides is 3. The van der Waals surface area contributed by atoms with Crippen molar-refractivity contribution < 1.29 is 21.6 Å². The smallest absolute Gasteiger partial charge is 0.296 e. The molecular weight excluding hydrogens is 271 g/mol. The Labute approximate surface area is 102 Å². The van der Waals surface area contributed by atoms with Gasteiger partial charge in [-0.1, -0.05) is 0 Å². The Morgan fingerprint density at radius 1 is 1.33 bits per heavy atom. The number of hydrogen-bond acceptors (Lipinski definition) is 4. The van der Waals surface area contributed by atoms with Crippen LogP contribution in [-0.4, -0.2) is 48.1 Å². The first-order chi connectivity index (χ1) is 8.26. The molecule has 0 atom stereocenters. The summed E-state index contributed by atoms with van der Waals surface area (Å²) in [5.74, 6) is 0.0977. The molecule has 0 bridgehead atoms. The molecule has 1 aromatic rings. The normalized spacial score (nSPS) is 21.1. The summed E-state index contributed by atoms with van der Waals surface area (Å²) < 4.78 is 59.3. The summed E-state index contributed by atoms with van der Waals surface area (Å²) in [6.45, 7) is 0.921. The first-order valence-corrected chi connectivity index (χ1v) is 7.13. The van der Waals surface area contributed by atoms with E-state index in [1.807, 2.05) is 0 Å². The lowest BCUT2D eigenvalue weighted by molar-refractivity contribution is -0.141. The van der Waals surface area contributed by atoms with Crippen LogP contribution >= 0.6 is 0 Å². The van der Waals surface area contributed by atoms with Gasteiger partial charge in [-0.25, -0.2) is 8.42 Å². The van der Waals surface area contributed by atoms with Gasteiger partial charge in [0.25, 0.3) is 0 Å². The van der Waals surface area contributed by atoms with Gasteiger partial charge >= 0.3 is 6.18 Å². The van der Waals surface area contributed by atoms with E-state index in [-0.39, 0.29) is 18.1 Å². The summed E-state index contributed by atoms with van der Waals surface area (Å²) in [7, 11) is -2.97. The average Bonchev–Trinajstić information content (AvgIpc) is 2.69. The maximum Gasteiger partial charge on any atom is 0.435 e. The predicted molar refractivity (Wildman–Crippen MR) is 57.5 cm³/mol. The van der Waals surface area contributed by atoms with Gasteiger partial charge in [-0.3, -0.25) is 10.00 Å². The van der Waals surface area contributed by atoms with Gasteiger partial charge in [0.1, 0.15) is 0 Å². The van der Waals surface area contributed by atoms with Crippen molar-refractivity contribution in [1.29, 1.82) is 0 Å². The molecule has 1 aliphatic heterocycles. The second kappa shape index (κ2) is 4.54. The van der Waals surface area contributed by atoms with E-state index in [1.165, 1.54) is 0 Å². The minimum absolute atomic E-state index is 0.0489. The average molecular weight is 283 g/mol. The number of nitrogens with one attached hydrogen (secondary N) is 1. The molecule has 1 fully saturated rings. The van der Waals surface area contributed by atoms with Gasteiger partial charge in [-0.15, -0.1) is 0 Å². The van der Waals surface area contributed by atoms with Crippen LogP contribution in [0.1, 0.15) is 11.4 Å². The molecule has 0 radical (unpaired) electrons. The second-order valence-corrected chi connectivity index (χ2v) is 6.51. The number of nitrogens with zero attached hydrogens (tertiary/aromatic N) is 2. The molecule has 1 saturated heterocycles. The highest BCUT2D eigenvalue weighted by atomic mass is 32.2. The van der Waals surface area contributed by atoms with Gasteiger partial charge in [0, 0.05) is 25.3 Å². The molecule has 1 aromatic heterocycles. The fourth-order valence-electron chi connectivity index (χ4n) is 1.74. The van der Waals surface area contributed by atoms with Crippen LogP contribution in [0.2, 0.25) is 0 Å². The van der Waals surface area contributed by atoms with Gasteiger partial charge in [-0.05, 0) is 6.07 Å². The third kappa shape index (κ3) is 3.22. The zero-order valence-electron chi connectivity index (χ0n) is 9.37. The second-order valence-electron chi connectivity index (χ2n) is 4.20. The highest BCUT2D eigenvalue weighted by Crippen LogP contribution is 2.27. The first kappa shape index (κ1) is 13.3. The molecule has 18 heavy (non-hydrogen) atoms. The summed E-state index contributed by atoms with van der Waals surface area (Å²) >= 11 is 0. The maximum absolute atomic E-state index is 12.3. The van der Waals surface area contributed by atoms with Gasteiger partial charge in [0.05, 0.1) is 11.5 Å². The van der Waals surface area contributed by atoms with E-state index in [0.717, 1.165) is 6.07 Å². The SMILES string of the molecule is O=S1(=O)CCN(Cc2cc(C(F)(F)F)n[nH]2)CC1. The molecule has 0 aromatic carbocycles. The van der Waals surface area contributed by atoms with Gasteiger partial charge < -0.3 is 0 Å². The van der Waals surface area contributed by atoms with Crippen molar-refractivity contribution in [3.63, 3.8) is 0 Å². The molecule has 5 nitrogen and oxygen atoms in total. The van der Waals surface area contributed by atoms with Crippen molar-refractivity contribution in [3.05, 3.63) is 17.5 Å². The standard InChI is InChI=1S/C9H12F3N3O2S/c10-9(11,12)8-5-7(13-14-8)6-15-1-3-18(16,17)4-2-15/h5H,1-4,6H2,(H,13,14). The number of rotatable bonds is 2. The topological polar surface area (TPSA) is 66.1 Å². The predicted octanol–water partition coefficient (Wildman–Crippen LogP) is 0.659. The van der Waals surface area contributed by atoms with E-state index in [9.17, 15) is 21.6 Å². The van der Waals surface area contributed by atoms with Crippen LogP contribution in [0.5, 0.6) is 0 Å². The van der Waals surface area contributed by atoms with Crippen molar-refractivity contribution in [2.45, 2.75) is 12.7 Å². The van der Waals surface area contributed by atoms with Crippen LogP contribution in [0.15, 0.2) is 6.07 Å². The lowest BCUT2D eigenvalue weighted by atomic mass is 10.3. The number of sulfone groups is 1. The van der Waals surface area contributed by atoms with Crippen molar-refractivity contribution in [2.75, 3.05) is 24.6 Å². The Kier molecular flexibility index (Phi) is 3.37. The Hall–Kier alpha value is -1.09. The fraction of sp³-hybridized carbons (Fsp3) is 0.667. The molecule has 0 spiro atoms. The van der Waals surface area contributed by atoms with E-state index in [0.29, 0.717) is 18.8 Å². The lowest BCUT2D eigenvalue weighted by Crippen LogP contribution is -2.39. The van der Waals surface area contributed by atoms with Crippen LogP contribution in [0.3, 0.4) is 0 Å². The van der Waals surface area contributed by atoms with Crippen LogP contribution in [0.4, 0.5) is 13.2 Å². The summed E-state index contributed by atoms with van der Waals surface area (Å²) in [6, 6.07) is 0.948.